The van der Waals surface area contributed by atoms with E-state index in [1.807, 2.05) is 13.1 Å². The lowest BCUT2D eigenvalue weighted by molar-refractivity contribution is 0.336. The van der Waals surface area contributed by atoms with Crippen LogP contribution in [0.1, 0.15) is 44.1 Å². The highest BCUT2D eigenvalue weighted by atomic mass is 16.5. The highest BCUT2D eigenvalue weighted by Crippen LogP contribution is 2.32. The summed E-state index contributed by atoms with van der Waals surface area (Å²) in [4.78, 5) is 4.23. The molecular formula is C13H20N2O. The molecule has 1 saturated carbocycles. The molecule has 1 aliphatic rings. The summed E-state index contributed by atoms with van der Waals surface area (Å²) in [6, 6.07) is 2.37. The third kappa shape index (κ3) is 2.53. The molecule has 2 unspecified atom stereocenters. The Morgan fingerprint density at radius 1 is 1.38 bits per heavy atom. The summed E-state index contributed by atoms with van der Waals surface area (Å²) in [6.45, 7) is 2.67. The molecule has 2 N–H and O–H groups in total. The zero-order chi connectivity index (χ0) is 11.4. The Morgan fingerprint density at radius 3 is 2.94 bits per heavy atom. The Bertz CT molecular complexity index is 340. The first-order valence-corrected chi connectivity index (χ1v) is 6.14. The highest BCUT2D eigenvalue weighted by molar-refractivity contribution is 5.27. The second-order valence-electron chi connectivity index (χ2n) is 4.44. The number of aromatic nitrogens is 1. The van der Waals surface area contributed by atoms with Crippen LogP contribution in [0.4, 0.5) is 0 Å². The first kappa shape index (κ1) is 11.4. The zero-order valence-electron chi connectivity index (χ0n) is 9.86. The van der Waals surface area contributed by atoms with E-state index in [-0.39, 0.29) is 6.04 Å². The Hall–Kier alpha value is -1.09. The van der Waals surface area contributed by atoms with Gasteiger partial charge >= 0.3 is 0 Å². The molecule has 3 nitrogen and oxygen atoms in total. The van der Waals surface area contributed by atoms with Crippen LogP contribution < -0.4 is 10.5 Å². The molecule has 0 aliphatic heterocycles. The van der Waals surface area contributed by atoms with Gasteiger partial charge in [0.05, 0.1) is 12.8 Å². The maximum absolute atomic E-state index is 6.17. The van der Waals surface area contributed by atoms with E-state index in [1.165, 1.54) is 24.8 Å². The molecule has 0 bridgehead atoms. The van der Waals surface area contributed by atoms with Crippen LogP contribution in [-0.2, 0) is 0 Å². The van der Waals surface area contributed by atoms with Crippen molar-refractivity contribution in [2.24, 2.45) is 5.73 Å². The third-order valence-electron chi connectivity index (χ3n) is 3.29. The summed E-state index contributed by atoms with van der Waals surface area (Å²) in [5.74, 6) is 1.32. The lowest BCUT2D eigenvalue weighted by atomic mass is 9.81. The van der Waals surface area contributed by atoms with E-state index in [2.05, 4.69) is 11.1 Å². The molecule has 1 heterocycles. The Labute approximate surface area is 97.0 Å². The second-order valence-corrected chi connectivity index (χ2v) is 4.44. The maximum atomic E-state index is 6.17. The van der Waals surface area contributed by atoms with Gasteiger partial charge in [-0.1, -0.05) is 12.8 Å². The summed E-state index contributed by atoms with van der Waals surface area (Å²) in [5, 5.41) is 0. The van der Waals surface area contributed by atoms with E-state index >= 15 is 0 Å². The van der Waals surface area contributed by atoms with Crippen molar-refractivity contribution in [3.8, 4) is 5.75 Å². The molecule has 0 radical (unpaired) electrons. The molecule has 1 aliphatic carbocycles. The Morgan fingerprint density at radius 2 is 2.19 bits per heavy atom. The molecular weight excluding hydrogens is 200 g/mol. The van der Waals surface area contributed by atoms with Gasteiger partial charge in [-0.3, -0.25) is 4.98 Å². The first-order chi connectivity index (χ1) is 7.81. The van der Waals surface area contributed by atoms with Crippen LogP contribution in [-0.4, -0.2) is 17.6 Å². The van der Waals surface area contributed by atoms with Gasteiger partial charge in [0.1, 0.15) is 5.75 Å². The van der Waals surface area contributed by atoms with Crippen LogP contribution in [0.25, 0.3) is 0 Å². The van der Waals surface area contributed by atoms with E-state index in [9.17, 15) is 0 Å². The molecule has 3 heteroatoms. The number of nitrogens with zero attached hydrogens (tertiary/aromatic N) is 1. The molecule has 88 valence electrons. The van der Waals surface area contributed by atoms with E-state index in [0.717, 1.165) is 12.2 Å². The van der Waals surface area contributed by atoms with Gasteiger partial charge in [0, 0.05) is 18.2 Å². The van der Waals surface area contributed by atoms with Gasteiger partial charge in [0.2, 0.25) is 0 Å². The number of ether oxygens (including phenoxy) is 1. The van der Waals surface area contributed by atoms with Crippen molar-refractivity contribution < 1.29 is 4.74 Å². The minimum absolute atomic E-state index is 0.285. The van der Waals surface area contributed by atoms with E-state index in [4.69, 9.17) is 10.5 Å². The minimum atomic E-state index is 0.285. The van der Waals surface area contributed by atoms with Crippen molar-refractivity contribution in [2.75, 3.05) is 6.61 Å². The van der Waals surface area contributed by atoms with Crippen molar-refractivity contribution in [3.63, 3.8) is 0 Å². The molecule has 1 fully saturated rings. The molecule has 1 aromatic heterocycles. The number of rotatable bonds is 3. The average Bonchev–Trinajstić information content (AvgIpc) is 2.30. The SMILES string of the molecule is CCOc1cncc(C2CCCCC2N)c1. The first-order valence-electron chi connectivity index (χ1n) is 6.14. The molecule has 0 spiro atoms. The largest absolute Gasteiger partial charge is 0.492 e. The minimum Gasteiger partial charge on any atom is -0.492 e. The smallest absolute Gasteiger partial charge is 0.137 e. The van der Waals surface area contributed by atoms with Crippen molar-refractivity contribution >= 4 is 0 Å². The highest BCUT2D eigenvalue weighted by Gasteiger charge is 2.23. The average molecular weight is 220 g/mol. The normalized spacial score (nSPS) is 25.4. The van der Waals surface area contributed by atoms with Gasteiger partial charge in [0.15, 0.2) is 0 Å². The quantitative estimate of drug-likeness (QED) is 0.851. The fourth-order valence-electron chi connectivity index (χ4n) is 2.46. The predicted octanol–water partition coefficient (Wildman–Crippen LogP) is 2.47. The fourth-order valence-corrected chi connectivity index (χ4v) is 2.46. The third-order valence-corrected chi connectivity index (χ3v) is 3.29. The lowest BCUT2D eigenvalue weighted by Gasteiger charge is -2.28. The van der Waals surface area contributed by atoms with Crippen LogP contribution in [0.3, 0.4) is 0 Å². The van der Waals surface area contributed by atoms with Crippen molar-refractivity contribution in [3.05, 3.63) is 24.0 Å². The number of nitrogens with two attached hydrogens (primary N) is 1. The van der Waals surface area contributed by atoms with Crippen LogP contribution in [0.5, 0.6) is 5.75 Å². The van der Waals surface area contributed by atoms with Crippen LogP contribution in [0, 0.1) is 0 Å². The number of pyridine rings is 1. The molecule has 0 saturated heterocycles. The molecule has 2 rings (SSSR count). The predicted molar refractivity (Wildman–Crippen MR) is 64.6 cm³/mol. The van der Waals surface area contributed by atoms with Gasteiger partial charge in [-0.25, -0.2) is 0 Å². The van der Waals surface area contributed by atoms with Crippen molar-refractivity contribution in [2.45, 2.75) is 44.6 Å². The van der Waals surface area contributed by atoms with Crippen molar-refractivity contribution in [1.29, 1.82) is 0 Å². The molecule has 0 aromatic carbocycles. The topological polar surface area (TPSA) is 48.1 Å². The Kier molecular flexibility index (Phi) is 3.78. The van der Waals surface area contributed by atoms with Gasteiger partial charge in [-0.2, -0.15) is 0 Å². The van der Waals surface area contributed by atoms with E-state index < -0.39 is 0 Å². The summed E-state index contributed by atoms with van der Waals surface area (Å²) in [6.07, 6.45) is 8.54. The van der Waals surface area contributed by atoms with Gasteiger partial charge in [-0.05, 0) is 31.4 Å². The summed E-state index contributed by atoms with van der Waals surface area (Å²) in [5.41, 5.74) is 7.40. The second kappa shape index (κ2) is 5.30. The monoisotopic (exact) mass is 220 g/mol. The summed E-state index contributed by atoms with van der Waals surface area (Å²) < 4.78 is 5.47. The van der Waals surface area contributed by atoms with Gasteiger partial charge in [0.25, 0.3) is 0 Å². The van der Waals surface area contributed by atoms with Crippen LogP contribution in [0.15, 0.2) is 18.5 Å². The van der Waals surface area contributed by atoms with Crippen LogP contribution in [0.2, 0.25) is 0 Å². The molecule has 2 atom stereocenters. The number of hydrogen-bond acceptors (Lipinski definition) is 3. The Balaban J connectivity index is 2.15. The molecule has 16 heavy (non-hydrogen) atoms. The molecule has 0 amide bonds. The number of hydrogen-bond donors (Lipinski definition) is 1. The lowest BCUT2D eigenvalue weighted by Crippen LogP contribution is -2.31. The van der Waals surface area contributed by atoms with Crippen LogP contribution >= 0.6 is 0 Å². The van der Waals surface area contributed by atoms with Gasteiger partial charge in [-0.15, -0.1) is 0 Å². The fraction of sp³-hybridized carbons (Fsp3) is 0.615. The van der Waals surface area contributed by atoms with E-state index in [1.54, 1.807) is 6.20 Å². The molecule has 1 aromatic rings. The van der Waals surface area contributed by atoms with Gasteiger partial charge < -0.3 is 10.5 Å². The van der Waals surface area contributed by atoms with Crippen molar-refractivity contribution in [1.82, 2.24) is 4.98 Å². The maximum Gasteiger partial charge on any atom is 0.137 e. The zero-order valence-corrected chi connectivity index (χ0v) is 9.86. The summed E-state index contributed by atoms with van der Waals surface area (Å²) in [7, 11) is 0. The van der Waals surface area contributed by atoms with E-state index in [0.29, 0.717) is 12.5 Å². The standard InChI is InChI=1S/C13H20N2O/c1-2-16-11-7-10(8-15-9-11)12-5-3-4-6-13(12)14/h7-9,12-13H,2-6,14H2,1H3. The summed E-state index contributed by atoms with van der Waals surface area (Å²) >= 11 is 0.